The minimum atomic E-state index is 0.332. The molecule has 0 fully saturated rings. The first-order valence-corrected chi connectivity index (χ1v) is 8.81. The minimum absolute atomic E-state index is 0.332. The van der Waals surface area contributed by atoms with Crippen molar-refractivity contribution in [3.8, 4) is 5.75 Å². The standard InChI is InChI=1S/C21H23ClN2O/c1-13(2)15(4)24-16(5)14(3)20-21(24)19(10-11-23-20)25-12-17-6-8-18(22)9-7-17/h6-11,13H,4,12H2,1-3,5H3. The Hall–Kier alpha value is -2.26. The van der Waals surface area contributed by atoms with Crippen LogP contribution in [0.5, 0.6) is 5.75 Å². The maximum Gasteiger partial charge on any atom is 0.147 e. The average molecular weight is 355 g/mol. The summed E-state index contributed by atoms with van der Waals surface area (Å²) in [6, 6.07) is 9.62. The van der Waals surface area contributed by atoms with E-state index in [1.807, 2.05) is 30.3 Å². The predicted octanol–water partition coefficient (Wildman–Crippen LogP) is 6.01. The van der Waals surface area contributed by atoms with E-state index in [2.05, 4.69) is 43.8 Å². The first kappa shape index (κ1) is 17.6. The van der Waals surface area contributed by atoms with Crippen LogP contribution in [0.1, 0.15) is 30.7 Å². The van der Waals surface area contributed by atoms with Crippen molar-refractivity contribution in [3.05, 3.63) is 65.0 Å². The van der Waals surface area contributed by atoms with Crippen LogP contribution in [0, 0.1) is 19.8 Å². The normalized spacial score (nSPS) is 11.3. The Morgan fingerprint density at radius 1 is 1.20 bits per heavy atom. The van der Waals surface area contributed by atoms with Gasteiger partial charge in [0.05, 0.1) is 5.52 Å². The summed E-state index contributed by atoms with van der Waals surface area (Å²) in [4.78, 5) is 4.57. The molecule has 0 aliphatic heterocycles. The zero-order valence-corrected chi connectivity index (χ0v) is 15.9. The summed E-state index contributed by atoms with van der Waals surface area (Å²) < 4.78 is 8.32. The SMILES string of the molecule is C=C(C(C)C)n1c(C)c(C)c2nccc(OCc3ccc(Cl)cc3)c21. The monoisotopic (exact) mass is 354 g/mol. The van der Waals surface area contributed by atoms with E-state index in [9.17, 15) is 0 Å². The number of nitrogens with zero attached hydrogens (tertiary/aromatic N) is 2. The number of hydrogen-bond acceptors (Lipinski definition) is 2. The average Bonchev–Trinajstić information content (AvgIpc) is 2.85. The third kappa shape index (κ3) is 3.29. The molecule has 0 bridgehead atoms. The van der Waals surface area contributed by atoms with E-state index in [4.69, 9.17) is 16.3 Å². The quantitative estimate of drug-likeness (QED) is 0.560. The molecule has 0 saturated heterocycles. The van der Waals surface area contributed by atoms with E-state index in [1.165, 1.54) is 0 Å². The topological polar surface area (TPSA) is 27.1 Å². The molecule has 0 unspecified atom stereocenters. The molecule has 1 aromatic carbocycles. The van der Waals surface area contributed by atoms with Gasteiger partial charge in [-0.15, -0.1) is 0 Å². The summed E-state index contributed by atoms with van der Waals surface area (Å²) in [5.74, 6) is 1.15. The molecule has 2 heterocycles. The molecule has 25 heavy (non-hydrogen) atoms. The minimum Gasteiger partial charge on any atom is -0.487 e. The number of pyridine rings is 1. The molecule has 3 nitrogen and oxygen atoms in total. The first-order valence-electron chi connectivity index (χ1n) is 8.43. The highest BCUT2D eigenvalue weighted by Gasteiger charge is 2.19. The van der Waals surface area contributed by atoms with Crippen molar-refractivity contribution in [3.63, 3.8) is 0 Å². The third-order valence-corrected chi connectivity index (χ3v) is 4.86. The van der Waals surface area contributed by atoms with Gasteiger partial charge in [0.1, 0.15) is 17.9 Å². The van der Waals surface area contributed by atoms with Gasteiger partial charge in [0.15, 0.2) is 0 Å². The number of rotatable bonds is 5. The van der Waals surface area contributed by atoms with Crippen molar-refractivity contribution in [1.82, 2.24) is 9.55 Å². The lowest BCUT2D eigenvalue weighted by atomic mass is 10.1. The number of aromatic nitrogens is 2. The maximum absolute atomic E-state index is 6.14. The Balaban J connectivity index is 2.04. The summed E-state index contributed by atoms with van der Waals surface area (Å²) >= 11 is 5.95. The summed E-state index contributed by atoms with van der Waals surface area (Å²) in [7, 11) is 0. The van der Waals surface area contributed by atoms with E-state index in [1.54, 1.807) is 6.20 Å². The Bertz CT molecular complexity index is 923. The zero-order valence-electron chi connectivity index (χ0n) is 15.1. The summed E-state index contributed by atoms with van der Waals surface area (Å²) in [6.07, 6.45) is 1.80. The van der Waals surface area contributed by atoms with Gasteiger partial charge in [-0.2, -0.15) is 0 Å². The van der Waals surface area contributed by atoms with Crippen LogP contribution in [0.2, 0.25) is 5.02 Å². The molecular weight excluding hydrogens is 332 g/mol. The van der Waals surface area contributed by atoms with Crippen molar-refractivity contribution in [2.45, 2.75) is 34.3 Å². The number of halogens is 1. The second kappa shape index (κ2) is 6.93. The summed E-state index contributed by atoms with van der Waals surface area (Å²) in [5, 5.41) is 0.725. The molecule has 0 aliphatic carbocycles. The van der Waals surface area contributed by atoms with Crippen molar-refractivity contribution in [1.29, 1.82) is 0 Å². The molecule has 3 aromatic rings. The van der Waals surface area contributed by atoms with Crippen LogP contribution in [0.3, 0.4) is 0 Å². The van der Waals surface area contributed by atoms with E-state index < -0.39 is 0 Å². The van der Waals surface area contributed by atoms with Gasteiger partial charge in [0.25, 0.3) is 0 Å². The van der Waals surface area contributed by atoms with Crippen LogP contribution in [0.25, 0.3) is 16.7 Å². The highest BCUT2D eigenvalue weighted by molar-refractivity contribution is 6.30. The number of ether oxygens (including phenoxy) is 1. The molecule has 0 radical (unpaired) electrons. The Morgan fingerprint density at radius 2 is 1.88 bits per heavy atom. The molecule has 0 saturated carbocycles. The van der Waals surface area contributed by atoms with Crippen LogP contribution in [0.15, 0.2) is 43.1 Å². The van der Waals surface area contributed by atoms with E-state index in [-0.39, 0.29) is 0 Å². The van der Waals surface area contributed by atoms with Crippen LogP contribution >= 0.6 is 11.6 Å². The van der Waals surface area contributed by atoms with Crippen LogP contribution in [-0.2, 0) is 6.61 Å². The molecule has 0 spiro atoms. The lowest BCUT2D eigenvalue weighted by molar-refractivity contribution is 0.309. The predicted molar refractivity (Wildman–Crippen MR) is 105 cm³/mol. The second-order valence-electron chi connectivity index (χ2n) is 6.61. The number of hydrogen-bond donors (Lipinski definition) is 0. The molecule has 3 rings (SSSR count). The molecular formula is C21H23ClN2O. The highest BCUT2D eigenvalue weighted by Crippen LogP contribution is 2.35. The fraction of sp³-hybridized carbons (Fsp3) is 0.286. The van der Waals surface area contributed by atoms with Crippen LogP contribution < -0.4 is 4.74 Å². The zero-order chi connectivity index (χ0) is 18.1. The maximum atomic E-state index is 6.14. The van der Waals surface area contributed by atoms with E-state index >= 15 is 0 Å². The summed E-state index contributed by atoms with van der Waals surface area (Å²) in [5.41, 5.74) is 6.39. The molecule has 4 heteroatoms. The molecule has 130 valence electrons. The van der Waals surface area contributed by atoms with Gasteiger partial charge in [-0.25, -0.2) is 0 Å². The van der Waals surface area contributed by atoms with Gasteiger partial charge in [0, 0.05) is 28.7 Å². The van der Waals surface area contributed by atoms with Crippen LogP contribution in [-0.4, -0.2) is 9.55 Å². The summed E-state index contributed by atoms with van der Waals surface area (Å²) in [6.45, 7) is 13.3. The fourth-order valence-corrected chi connectivity index (χ4v) is 3.03. The van der Waals surface area contributed by atoms with Crippen LogP contribution in [0.4, 0.5) is 0 Å². The van der Waals surface area contributed by atoms with E-state index in [0.29, 0.717) is 12.5 Å². The van der Waals surface area contributed by atoms with Gasteiger partial charge in [-0.05, 0) is 43.0 Å². The largest absolute Gasteiger partial charge is 0.487 e. The molecule has 0 N–H and O–H groups in total. The first-order chi connectivity index (χ1) is 11.9. The van der Waals surface area contributed by atoms with E-state index in [0.717, 1.165) is 44.3 Å². The molecule has 0 atom stereocenters. The van der Waals surface area contributed by atoms with Crippen molar-refractivity contribution >= 4 is 28.3 Å². The number of aryl methyl sites for hydroxylation is 1. The number of fused-ring (bicyclic) bond motifs is 1. The van der Waals surface area contributed by atoms with Gasteiger partial charge in [-0.3, -0.25) is 4.98 Å². The third-order valence-electron chi connectivity index (χ3n) is 4.61. The van der Waals surface area contributed by atoms with Gasteiger partial charge >= 0.3 is 0 Å². The molecule has 2 aromatic heterocycles. The van der Waals surface area contributed by atoms with Crippen molar-refractivity contribution in [2.75, 3.05) is 0 Å². The van der Waals surface area contributed by atoms with Gasteiger partial charge in [-0.1, -0.05) is 44.2 Å². The lowest BCUT2D eigenvalue weighted by Gasteiger charge is -2.17. The van der Waals surface area contributed by atoms with Crippen molar-refractivity contribution in [2.24, 2.45) is 5.92 Å². The van der Waals surface area contributed by atoms with Crippen molar-refractivity contribution < 1.29 is 4.74 Å². The fourth-order valence-electron chi connectivity index (χ4n) is 2.91. The molecule has 0 amide bonds. The number of benzene rings is 1. The van der Waals surface area contributed by atoms with Gasteiger partial charge in [0.2, 0.25) is 0 Å². The smallest absolute Gasteiger partial charge is 0.147 e. The Morgan fingerprint density at radius 3 is 2.52 bits per heavy atom. The number of allylic oxidation sites excluding steroid dienone is 1. The highest BCUT2D eigenvalue weighted by atomic mass is 35.5. The lowest BCUT2D eigenvalue weighted by Crippen LogP contribution is -2.05. The Kier molecular flexibility index (Phi) is 4.87. The van der Waals surface area contributed by atoms with Gasteiger partial charge < -0.3 is 9.30 Å². The Labute approximate surface area is 153 Å². The molecule has 0 aliphatic rings. The second-order valence-corrected chi connectivity index (χ2v) is 7.05.